The number of aromatic hydroxyl groups is 1. The van der Waals surface area contributed by atoms with E-state index in [0.29, 0.717) is 11.0 Å². The Morgan fingerprint density at radius 3 is 2.84 bits per heavy atom. The van der Waals surface area contributed by atoms with Crippen molar-refractivity contribution in [2.75, 3.05) is 6.61 Å². The Morgan fingerprint density at radius 2 is 2.16 bits per heavy atom. The van der Waals surface area contributed by atoms with Crippen molar-refractivity contribution in [3.05, 3.63) is 30.0 Å². The van der Waals surface area contributed by atoms with Crippen molar-refractivity contribution in [2.45, 2.75) is 11.8 Å². The zero-order valence-corrected chi connectivity index (χ0v) is 11.6. The number of hydrogen-bond acceptors (Lipinski definition) is 5. The number of fused-ring (bicyclic) bond motifs is 1. The van der Waals surface area contributed by atoms with E-state index in [4.69, 9.17) is 9.15 Å². The highest BCUT2D eigenvalue weighted by Gasteiger charge is 2.28. The van der Waals surface area contributed by atoms with Crippen LogP contribution in [0.25, 0.3) is 11.0 Å². The summed E-state index contributed by atoms with van der Waals surface area (Å²) >= 11 is 2.98. The molecule has 100 valence electrons. The smallest absolute Gasteiger partial charge is 0.327 e. The first-order chi connectivity index (χ1) is 9.02. The summed E-state index contributed by atoms with van der Waals surface area (Å²) in [5, 5.41) is 9.93. The lowest BCUT2D eigenvalue weighted by Gasteiger charge is -2.05. The first kappa shape index (κ1) is 13.6. The van der Waals surface area contributed by atoms with E-state index < -0.39 is 16.6 Å². The number of carbonyl (C=O) groups is 2. The topological polar surface area (TPSA) is 76.7 Å². The second-order valence-corrected chi connectivity index (χ2v) is 4.73. The van der Waals surface area contributed by atoms with Crippen LogP contribution in [0.2, 0.25) is 0 Å². The lowest BCUT2D eigenvalue weighted by atomic mass is 10.2. The fraction of sp³-hybridized carbons (Fsp3) is 0.231. The number of hydrogen-bond donors (Lipinski definition) is 1. The SMILES string of the molecule is CCOC(=O)C(Br)C(=O)c1cc2cc(O)ccc2o1. The third-order valence-electron chi connectivity index (χ3n) is 2.47. The van der Waals surface area contributed by atoms with Crippen LogP contribution in [0.1, 0.15) is 17.5 Å². The monoisotopic (exact) mass is 326 g/mol. The summed E-state index contributed by atoms with van der Waals surface area (Å²) in [7, 11) is 0. The van der Waals surface area contributed by atoms with Gasteiger partial charge in [-0.15, -0.1) is 0 Å². The van der Waals surface area contributed by atoms with Gasteiger partial charge in [0.25, 0.3) is 0 Å². The normalized spacial score (nSPS) is 12.3. The zero-order valence-electron chi connectivity index (χ0n) is 10.1. The van der Waals surface area contributed by atoms with E-state index in [1.54, 1.807) is 13.0 Å². The molecule has 1 aromatic heterocycles. The predicted molar refractivity (Wildman–Crippen MR) is 71.6 cm³/mol. The van der Waals surface area contributed by atoms with Crippen LogP contribution in [0.15, 0.2) is 28.7 Å². The molecule has 0 aliphatic carbocycles. The number of phenols is 1. The van der Waals surface area contributed by atoms with Crippen LogP contribution in [0, 0.1) is 0 Å². The maximum absolute atomic E-state index is 12.0. The molecule has 2 aromatic rings. The molecule has 0 spiro atoms. The summed E-state index contributed by atoms with van der Waals surface area (Å²) in [5.74, 6) is -1.06. The molecule has 0 saturated heterocycles. The van der Waals surface area contributed by atoms with Gasteiger partial charge >= 0.3 is 5.97 Å². The number of phenolic OH excluding ortho intramolecular Hbond substituents is 1. The van der Waals surface area contributed by atoms with Gasteiger partial charge in [0.1, 0.15) is 11.3 Å². The summed E-state index contributed by atoms with van der Waals surface area (Å²) in [6.07, 6.45) is 0. The average molecular weight is 327 g/mol. The minimum Gasteiger partial charge on any atom is -0.508 e. The Bertz CT molecular complexity index is 631. The molecular weight excluding hydrogens is 316 g/mol. The molecule has 1 atom stereocenters. The highest BCUT2D eigenvalue weighted by Crippen LogP contribution is 2.25. The van der Waals surface area contributed by atoms with Crippen LogP contribution in [0.5, 0.6) is 5.75 Å². The van der Waals surface area contributed by atoms with Gasteiger partial charge in [0.15, 0.2) is 10.6 Å². The molecule has 0 amide bonds. The van der Waals surface area contributed by atoms with E-state index in [1.807, 2.05) is 0 Å². The van der Waals surface area contributed by atoms with Gasteiger partial charge in [-0.05, 0) is 31.2 Å². The largest absolute Gasteiger partial charge is 0.508 e. The van der Waals surface area contributed by atoms with Crippen LogP contribution in [-0.2, 0) is 9.53 Å². The molecule has 0 aliphatic rings. The quantitative estimate of drug-likeness (QED) is 0.404. The van der Waals surface area contributed by atoms with Crippen molar-refractivity contribution in [3.8, 4) is 5.75 Å². The van der Waals surface area contributed by atoms with Gasteiger partial charge in [0.2, 0.25) is 5.78 Å². The van der Waals surface area contributed by atoms with E-state index in [2.05, 4.69) is 15.9 Å². The van der Waals surface area contributed by atoms with Crippen molar-refractivity contribution in [3.63, 3.8) is 0 Å². The summed E-state index contributed by atoms with van der Waals surface area (Å²) in [5.41, 5.74) is 0.463. The number of ether oxygens (including phenoxy) is 1. The lowest BCUT2D eigenvalue weighted by Crippen LogP contribution is -2.26. The van der Waals surface area contributed by atoms with Crippen molar-refractivity contribution >= 4 is 38.7 Å². The number of rotatable bonds is 4. The standard InChI is InChI=1S/C13H11BrO5/c1-2-18-13(17)11(14)12(16)10-6-7-5-8(15)3-4-9(7)19-10/h3-6,11,15H,2H2,1H3. The van der Waals surface area contributed by atoms with Gasteiger partial charge in [0.05, 0.1) is 6.61 Å². The second kappa shape index (κ2) is 5.44. The summed E-state index contributed by atoms with van der Waals surface area (Å²) in [6, 6.07) is 5.96. The Labute approximate surface area is 117 Å². The number of Topliss-reactive ketones (excluding diaryl/α,β-unsaturated/α-hetero) is 1. The molecule has 0 radical (unpaired) electrons. The molecule has 1 heterocycles. The van der Waals surface area contributed by atoms with E-state index in [9.17, 15) is 14.7 Å². The first-order valence-electron chi connectivity index (χ1n) is 5.60. The van der Waals surface area contributed by atoms with Crippen LogP contribution in [-0.4, -0.2) is 28.3 Å². The first-order valence-corrected chi connectivity index (χ1v) is 6.52. The van der Waals surface area contributed by atoms with Gasteiger partial charge in [-0.25, -0.2) is 0 Å². The molecule has 0 saturated carbocycles. The highest BCUT2D eigenvalue weighted by atomic mass is 79.9. The Hall–Kier alpha value is -1.82. The van der Waals surface area contributed by atoms with E-state index in [-0.39, 0.29) is 18.1 Å². The van der Waals surface area contributed by atoms with Crippen LogP contribution in [0.4, 0.5) is 0 Å². The van der Waals surface area contributed by atoms with Gasteiger partial charge in [-0.2, -0.15) is 0 Å². The molecule has 0 fully saturated rings. The molecule has 6 heteroatoms. The number of halogens is 1. The van der Waals surface area contributed by atoms with Gasteiger partial charge in [-0.3, -0.25) is 9.59 Å². The summed E-state index contributed by atoms with van der Waals surface area (Å²) < 4.78 is 10.1. The maximum atomic E-state index is 12.0. The second-order valence-electron chi connectivity index (χ2n) is 3.81. The van der Waals surface area contributed by atoms with Gasteiger partial charge in [-0.1, -0.05) is 15.9 Å². The van der Waals surface area contributed by atoms with Crippen LogP contribution >= 0.6 is 15.9 Å². The number of furan rings is 1. The molecule has 0 aliphatic heterocycles. The van der Waals surface area contributed by atoms with Gasteiger partial charge < -0.3 is 14.3 Å². The summed E-state index contributed by atoms with van der Waals surface area (Å²) in [4.78, 5) is 22.4. The minimum absolute atomic E-state index is 0.0375. The van der Waals surface area contributed by atoms with Crippen LogP contribution in [0.3, 0.4) is 0 Å². The zero-order chi connectivity index (χ0) is 14.0. The Kier molecular flexibility index (Phi) is 3.90. The van der Waals surface area contributed by atoms with Gasteiger partial charge in [0, 0.05) is 5.39 Å². The highest BCUT2D eigenvalue weighted by molar-refractivity contribution is 9.10. The molecule has 19 heavy (non-hydrogen) atoms. The van der Waals surface area contributed by atoms with E-state index in [1.165, 1.54) is 18.2 Å². The molecule has 1 aromatic carbocycles. The molecule has 1 N–H and O–H groups in total. The predicted octanol–water partition coefficient (Wildman–Crippen LogP) is 2.65. The van der Waals surface area contributed by atoms with E-state index in [0.717, 1.165) is 0 Å². The molecule has 0 bridgehead atoms. The van der Waals surface area contributed by atoms with Crippen molar-refractivity contribution < 1.29 is 23.8 Å². The summed E-state index contributed by atoms with van der Waals surface area (Å²) in [6.45, 7) is 1.86. The molecular formula is C13H11BrO5. The maximum Gasteiger partial charge on any atom is 0.327 e. The van der Waals surface area contributed by atoms with Crippen LogP contribution < -0.4 is 0 Å². The lowest BCUT2D eigenvalue weighted by molar-refractivity contribution is -0.141. The molecule has 5 nitrogen and oxygen atoms in total. The number of carbonyl (C=O) groups excluding carboxylic acids is 2. The number of ketones is 1. The third-order valence-corrected chi connectivity index (χ3v) is 3.26. The number of benzene rings is 1. The number of alkyl halides is 1. The fourth-order valence-electron chi connectivity index (χ4n) is 1.60. The Balaban J connectivity index is 2.28. The average Bonchev–Trinajstić information content (AvgIpc) is 2.80. The van der Waals surface area contributed by atoms with Crippen molar-refractivity contribution in [2.24, 2.45) is 0 Å². The molecule has 1 unspecified atom stereocenters. The molecule has 2 rings (SSSR count). The third kappa shape index (κ3) is 2.78. The van der Waals surface area contributed by atoms with E-state index >= 15 is 0 Å². The fourth-order valence-corrected chi connectivity index (χ4v) is 1.96. The van der Waals surface area contributed by atoms with Crippen molar-refractivity contribution in [1.82, 2.24) is 0 Å². The minimum atomic E-state index is -1.10. The van der Waals surface area contributed by atoms with Crippen molar-refractivity contribution in [1.29, 1.82) is 0 Å². The number of esters is 1. The Morgan fingerprint density at radius 1 is 1.42 bits per heavy atom.